The van der Waals surface area contributed by atoms with E-state index in [1.807, 2.05) is 0 Å². The topological polar surface area (TPSA) is 33.0 Å². The van der Waals surface area contributed by atoms with E-state index in [1.165, 1.54) is 12.1 Å². The lowest BCUT2D eigenvalue weighted by molar-refractivity contribution is -0.186. The molecule has 0 spiro atoms. The second-order valence-corrected chi connectivity index (χ2v) is 7.58. The molecule has 1 fully saturated rings. The molecule has 0 radical (unpaired) electrons. The van der Waals surface area contributed by atoms with Crippen molar-refractivity contribution in [2.24, 2.45) is 0 Å². The summed E-state index contributed by atoms with van der Waals surface area (Å²) in [6, 6.07) is 7.34. The number of nitrogens with zero attached hydrogens (tertiary/aromatic N) is 1. The van der Waals surface area contributed by atoms with Crippen LogP contribution in [0.5, 0.6) is 5.75 Å². The third-order valence-electron chi connectivity index (χ3n) is 5.49. The number of allylic oxidation sites excluding steroid dienone is 1. The van der Waals surface area contributed by atoms with Crippen molar-refractivity contribution in [3.05, 3.63) is 76.9 Å². The Morgan fingerprint density at radius 1 is 1.10 bits per heavy atom. The van der Waals surface area contributed by atoms with Crippen LogP contribution in [0.4, 0.5) is 17.6 Å². The maximum Gasteiger partial charge on any atom is 0.426 e. The Labute approximate surface area is 173 Å². The molecule has 158 valence electrons. The van der Waals surface area contributed by atoms with Crippen LogP contribution >= 0.6 is 0 Å². The first-order valence-electron chi connectivity index (χ1n) is 10.1. The molecular weight excluding hydrogens is 394 g/mol. The van der Waals surface area contributed by atoms with Crippen LogP contribution in [-0.2, 0) is 12.5 Å². The Morgan fingerprint density at radius 2 is 1.77 bits per heavy atom. The van der Waals surface area contributed by atoms with Gasteiger partial charge in [-0.25, -0.2) is 8.78 Å². The van der Waals surface area contributed by atoms with Crippen molar-refractivity contribution in [1.29, 1.82) is 5.26 Å². The minimum atomic E-state index is -3.78. The zero-order chi connectivity index (χ0) is 21.7. The molecule has 1 aliphatic rings. The summed E-state index contributed by atoms with van der Waals surface area (Å²) in [6.45, 7) is 3.70. The molecule has 1 aliphatic carbocycles. The highest BCUT2D eigenvalue weighted by Crippen LogP contribution is 2.42. The summed E-state index contributed by atoms with van der Waals surface area (Å²) in [4.78, 5) is 0. The highest BCUT2D eigenvalue weighted by Gasteiger charge is 2.39. The fourth-order valence-corrected chi connectivity index (χ4v) is 3.97. The molecule has 3 rings (SSSR count). The second-order valence-electron chi connectivity index (χ2n) is 7.58. The Kier molecular flexibility index (Phi) is 6.81. The standard InChI is InChI=1S/C24H23F4NO/c1-2-3-7-16-10-11-21(19(12-16)17-8-5-4-6-9-17)24(27,28)30-18-13-22(25)20(15-29)23(26)14-18/h2,10-14,17H,1,3-9H2. The largest absolute Gasteiger partial charge is 0.429 e. The summed E-state index contributed by atoms with van der Waals surface area (Å²) in [5, 5.41) is 8.74. The number of benzene rings is 2. The number of hydrogen-bond acceptors (Lipinski definition) is 2. The summed E-state index contributed by atoms with van der Waals surface area (Å²) < 4.78 is 62.7. The second kappa shape index (κ2) is 9.34. The normalized spacial score (nSPS) is 14.9. The van der Waals surface area contributed by atoms with Gasteiger partial charge in [-0.2, -0.15) is 14.0 Å². The van der Waals surface area contributed by atoms with E-state index in [2.05, 4.69) is 6.58 Å². The minimum absolute atomic E-state index is 0.0126. The van der Waals surface area contributed by atoms with Crippen LogP contribution in [0.1, 0.15) is 66.7 Å². The molecule has 1 saturated carbocycles. The van der Waals surface area contributed by atoms with E-state index in [-0.39, 0.29) is 11.5 Å². The van der Waals surface area contributed by atoms with Crippen molar-refractivity contribution in [2.45, 2.75) is 57.0 Å². The van der Waals surface area contributed by atoms with Crippen LogP contribution in [0.15, 0.2) is 43.0 Å². The molecule has 0 atom stereocenters. The van der Waals surface area contributed by atoms with E-state index >= 15 is 8.78 Å². The van der Waals surface area contributed by atoms with E-state index in [0.29, 0.717) is 24.1 Å². The summed E-state index contributed by atoms with van der Waals surface area (Å²) in [5.74, 6) is -3.16. The van der Waals surface area contributed by atoms with Crippen molar-refractivity contribution in [1.82, 2.24) is 0 Å². The van der Waals surface area contributed by atoms with Crippen molar-refractivity contribution in [2.75, 3.05) is 0 Å². The molecule has 0 aromatic heterocycles. The van der Waals surface area contributed by atoms with E-state index in [1.54, 1.807) is 18.2 Å². The van der Waals surface area contributed by atoms with Crippen molar-refractivity contribution in [3.8, 4) is 11.8 Å². The van der Waals surface area contributed by atoms with E-state index in [4.69, 9.17) is 10.00 Å². The lowest BCUT2D eigenvalue weighted by Gasteiger charge is -2.28. The SMILES string of the molecule is C=CCCc1ccc(C(F)(F)Oc2cc(F)c(C#N)c(F)c2)c(C2CCCCC2)c1. The molecule has 0 unspecified atom stereocenters. The summed E-state index contributed by atoms with van der Waals surface area (Å²) in [6.07, 6.45) is 4.08. The number of nitriles is 1. The fourth-order valence-electron chi connectivity index (χ4n) is 3.97. The smallest absolute Gasteiger partial charge is 0.426 e. The molecule has 0 N–H and O–H groups in total. The molecule has 0 heterocycles. The lowest BCUT2D eigenvalue weighted by Crippen LogP contribution is -2.25. The van der Waals surface area contributed by atoms with Crippen molar-refractivity contribution in [3.63, 3.8) is 0 Å². The molecule has 0 aliphatic heterocycles. The molecule has 2 aromatic carbocycles. The first-order chi connectivity index (χ1) is 14.4. The van der Waals surface area contributed by atoms with E-state index < -0.39 is 29.1 Å². The lowest BCUT2D eigenvalue weighted by atomic mass is 9.81. The number of hydrogen-bond donors (Lipinski definition) is 0. The summed E-state index contributed by atoms with van der Waals surface area (Å²) in [5.41, 5.74) is 0.336. The van der Waals surface area contributed by atoms with Gasteiger partial charge < -0.3 is 4.74 Å². The molecule has 0 amide bonds. The van der Waals surface area contributed by atoms with Gasteiger partial charge in [-0.05, 0) is 48.8 Å². The quantitative estimate of drug-likeness (QED) is 0.355. The molecule has 0 bridgehead atoms. The van der Waals surface area contributed by atoms with Gasteiger partial charge >= 0.3 is 6.11 Å². The third-order valence-corrected chi connectivity index (χ3v) is 5.49. The summed E-state index contributed by atoms with van der Waals surface area (Å²) in [7, 11) is 0. The molecule has 2 nitrogen and oxygen atoms in total. The number of halogens is 4. The molecule has 6 heteroatoms. The predicted molar refractivity (Wildman–Crippen MR) is 106 cm³/mol. The van der Waals surface area contributed by atoms with Crippen LogP contribution < -0.4 is 4.74 Å². The van der Waals surface area contributed by atoms with E-state index in [0.717, 1.165) is 44.1 Å². The van der Waals surface area contributed by atoms with Crippen LogP contribution in [0.25, 0.3) is 0 Å². The maximum atomic E-state index is 15.1. The van der Waals surface area contributed by atoms with Gasteiger partial charge in [0.1, 0.15) is 29.0 Å². The van der Waals surface area contributed by atoms with Gasteiger partial charge in [0.15, 0.2) is 0 Å². The van der Waals surface area contributed by atoms with Gasteiger partial charge in [-0.15, -0.1) is 6.58 Å². The van der Waals surface area contributed by atoms with E-state index in [9.17, 15) is 8.78 Å². The Hall–Kier alpha value is -2.81. The number of ether oxygens (including phenoxy) is 1. The van der Waals surface area contributed by atoms with Gasteiger partial charge in [0, 0.05) is 12.1 Å². The van der Waals surface area contributed by atoms with Crippen LogP contribution in [-0.4, -0.2) is 0 Å². The Bertz CT molecular complexity index is 935. The highest BCUT2D eigenvalue weighted by molar-refractivity contribution is 5.40. The monoisotopic (exact) mass is 417 g/mol. The molecule has 2 aromatic rings. The van der Waals surface area contributed by atoms with Gasteiger partial charge in [-0.1, -0.05) is 37.5 Å². The van der Waals surface area contributed by atoms with Crippen molar-refractivity contribution < 1.29 is 22.3 Å². The number of alkyl halides is 2. The summed E-state index contributed by atoms with van der Waals surface area (Å²) >= 11 is 0. The Balaban J connectivity index is 1.97. The number of rotatable bonds is 7. The van der Waals surface area contributed by atoms with Gasteiger partial charge in [-0.3, -0.25) is 0 Å². The van der Waals surface area contributed by atoms with Crippen molar-refractivity contribution >= 4 is 0 Å². The Morgan fingerprint density at radius 3 is 2.37 bits per heavy atom. The van der Waals surface area contributed by atoms with Gasteiger partial charge in [0.25, 0.3) is 0 Å². The average molecular weight is 417 g/mol. The highest BCUT2D eigenvalue weighted by atomic mass is 19.3. The third kappa shape index (κ3) is 4.84. The zero-order valence-electron chi connectivity index (χ0n) is 16.6. The molecule has 30 heavy (non-hydrogen) atoms. The van der Waals surface area contributed by atoms with Crippen LogP contribution in [0.2, 0.25) is 0 Å². The predicted octanol–water partition coefficient (Wildman–Crippen LogP) is 7.13. The van der Waals surface area contributed by atoms with Gasteiger partial charge in [0.05, 0.1) is 5.56 Å². The fraction of sp³-hybridized carbons (Fsp3) is 0.375. The van der Waals surface area contributed by atoms with Crippen LogP contribution in [0.3, 0.4) is 0 Å². The van der Waals surface area contributed by atoms with Crippen LogP contribution in [0, 0.1) is 23.0 Å². The maximum absolute atomic E-state index is 15.1. The average Bonchev–Trinajstić information content (AvgIpc) is 2.72. The number of aryl methyl sites for hydroxylation is 1. The zero-order valence-corrected chi connectivity index (χ0v) is 16.6. The first-order valence-corrected chi connectivity index (χ1v) is 10.1. The van der Waals surface area contributed by atoms with Gasteiger partial charge in [0.2, 0.25) is 0 Å². The first kappa shape index (κ1) is 21.9. The molecular formula is C24H23F4NO. The molecule has 0 saturated heterocycles. The minimum Gasteiger partial charge on any atom is -0.429 e.